The molecule has 3 N–H and O–H groups in total. The number of unbranched alkanes of at least 4 members (excludes halogenated alkanes) is 3. The van der Waals surface area contributed by atoms with Crippen molar-refractivity contribution in [2.24, 2.45) is 0 Å². The van der Waals surface area contributed by atoms with Crippen molar-refractivity contribution in [3.05, 3.63) is 30.1 Å². The topological polar surface area (TPSA) is 53.2 Å². The molecule has 25 heavy (non-hydrogen) atoms. The van der Waals surface area contributed by atoms with Gasteiger partial charge in [0, 0.05) is 12.1 Å². The minimum atomic E-state index is -1.80. The van der Waals surface area contributed by atoms with Gasteiger partial charge < -0.3 is 16.0 Å². The van der Waals surface area contributed by atoms with E-state index >= 15 is 0 Å². The highest BCUT2D eigenvalue weighted by atomic mass is 35.6. The number of hydrogen-bond donors (Lipinski definition) is 3. The van der Waals surface area contributed by atoms with Crippen LogP contribution in [0.2, 0.25) is 0 Å². The number of nitrogens with one attached hydrogen (secondary N) is 3. The van der Waals surface area contributed by atoms with Gasteiger partial charge in [0.15, 0.2) is 5.11 Å². The molecule has 1 rings (SSSR count). The molecule has 1 amide bonds. The maximum atomic E-state index is 12.9. The second-order valence-electron chi connectivity index (χ2n) is 5.46. The molecule has 0 aliphatic carbocycles. The van der Waals surface area contributed by atoms with Gasteiger partial charge in [0.05, 0.1) is 0 Å². The quantitative estimate of drug-likeness (QED) is 0.239. The molecule has 0 bridgehead atoms. The Morgan fingerprint density at radius 3 is 2.36 bits per heavy atom. The van der Waals surface area contributed by atoms with Crippen molar-refractivity contribution in [2.75, 3.05) is 5.32 Å². The number of hydrogen-bond acceptors (Lipinski definition) is 2. The van der Waals surface area contributed by atoms with Crippen molar-refractivity contribution in [3.8, 4) is 0 Å². The molecule has 0 saturated carbocycles. The van der Waals surface area contributed by atoms with Crippen molar-refractivity contribution < 1.29 is 9.18 Å². The summed E-state index contributed by atoms with van der Waals surface area (Å²) >= 11 is 22.9. The molecule has 0 aliphatic heterocycles. The van der Waals surface area contributed by atoms with E-state index in [0.717, 1.165) is 25.7 Å². The SMILES string of the molecule is CCCCCCC(=O)NC(NC(=S)Nc1ccc(F)cc1)C(Cl)(Cl)Cl. The summed E-state index contributed by atoms with van der Waals surface area (Å²) in [5.41, 5.74) is 0.563. The molecule has 140 valence electrons. The van der Waals surface area contributed by atoms with Gasteiger partial charge in [-0.2, -0.15) is 0 Å². The molecule has 9 heteroatoms. The molecule has 4 nitrogen and oxygen atoms in total. The van der Waals surface area contributed by atoms with Crippen molar-refractivity contribution in [1.82, 2.24) is 10.6 Å². The van der Waals surface area contributed by atoms with Crippen LogP contribution in [0.5, 0.6) is 0 Å². The molecular formula is C16H21Cl3FN3OS. The van der Waals surface area contributed by atoms with Crippen LogP contribution in [0.3, 0.4) is 0 Å². The number of benzene rings is 1. The minimum Gasteiger partial charge on any atom is -0.339 e. The van der Waals surface area contributed by atoms with Crippen molar-refractivity contribution in [1.29, 1.82) is 0 Å². The van der Waals surface area contributed by atoms with Crippen molar-refractivity contribution >= 4 is 63.7 Å². The van der Waals surface area contributed by atoms with E-state index in [4.69, 9.17) is 47.0 Å². The highest BCUT2D eigenvalue weighted by molar-refractivity contribution is 7.80. The van der Waals surface area contributed by atoms with E-state index in [0.29, 0.717) is 12.1 Å². The minimum absolute atomic E-state index is 0.134. The van der Waals surface area contributed by atoms with E-state index in [9.17, 15) is 9.18 Å². The van der Waals surface area contributed by atoms with E-state index in [1.165, 1.54) is 24.3 Å². The largest absolute Gasteiger partial charge is 0.339 e. The van der Waals surface area contributed by atoms with Crippen molar-refractivity contribution in [3.63, 3.8) is 0 Å². The fourth-order valence-corrected chi connectivity index (χ4v) is 2.54. The molecule has 0 fully saturated rings. The molecule has 0 spiro atoms. The van der Waals surface area contributed by atoms with Crippen LogP contribution < -0.4 is 16.0 Å². The van der Waals surface area contributed by atoms with Crippen LogP contribution in [0.4, 0.5) is 10.1 Å². The van der Waals surface area contributed by atoms with E-state index in [-0.39, 0.29) is 16.8 Å². The smallest absolute Gasteiger partial charge is 0.228 e. The summed E-state index contributed by atoms with van der Waals surface area (Å²) in [4.78, 5) is 12.0. The Kier molecular flexibility index (Phi) is 9.79. The maximum Gasteiger partial charge on any atom is 0.228 e. The lowest BCUT2D eigenvalue weighted by Crippen LogP contribution is -2.56. The number of carbonyl (C=O) groups is 1. The van der Waals surface area contributed by atoms with Crippen molar-refractivity contribution in [2.45, 2.75) is 49.0 Å². The predicted molar refractivity (Wildman–Crippen MR) is 107 cm³/mol. The molecule has 0 radical (unpaired) electrons. The lowest BCUT2D eigenvalue weighted by molar-refractivity contribution is -0.122. The second kappa shape index (κ2) is 11.0. The summed E-state index contributed by atoms with van der Waals surface area (Å²) in [7, 11) is 0. The molecule has 0 saturated heterocycles. The van der Waals surface area contributed by atoms with Crippen LogP contribution in [0.25, 0.3) is 0 Å². The zero-order chi connectivity index (χ0) is 18.9. The van der Waals surface area contributed by atoms with Crippen LogP contribution in [0.15, 0.2) is 24.3 Å². The van der Waals surface area contributed by atoms with Gasteiger partial charge in [-0.25, -0.2) is 4.39 Å². The van der Waals surface area contributed by atoms with Gasteiger partial charge in [-0.1, -0.05) is 61.0 Å². The molecule has 1 unspecified atom stereocenters. The Bertz CT molecular complexity index is 567. The van der Waals surface area contributed by atoms with Gasteiger partial charge in [0.2, 0.25) is 9.70 Å². The molecule has 0 aliphatic rings. The number of carbonyl (C=O) groups excluding carboxylic acids is 1. The standard InChI is InChI=1S/C16H21Cl3FN3OS/c1-2-3-4-5-6-13(24)22-14(16(17,18)19)23-15(25)21-12-9-7-11(20)8-10-12/h7-10,14H,2-6H2,1H3,(H,22,24)(H2,21,23,25). The first-order valence-corrected chi connectivity index (χ1v) is 9.45. The third kappa shape index (κ3) is 9.45. The number of rotatable bonds is 8. The lowest BCUT2D eigenvalue weighted by Gasteiger charge is -2.27. The number of amides is 1. The Balaban J connectivity index is 2.56. The van der Waals surface area contributed by atoms with Gasteiger partial charge in [0.25, 0.3) is 0 Å². The summed E-state index contributed by atoms with van der Waals surface area (Å²) < 4.78 is 11.1. The van der Waals surface area contributed by atoms with Gasteiger partial charge >= 0.3 is 0 Å². The number of thiocarbonyl (C=S) groups is 1. The normalized spacial score (nSPS) is 12.4. The Morgan fingerprint density at radius 1 is 1.16 bits per heavy atom. The highest BCUT2D eigenvalue weighted by Crippen LogP contribution is 2.29. The predicted octanol–water partition coefficient (Wildman–Crippen LogP) is 4.90. The first-order valence-electron chi connectivity index (χ1n) is 7.91. The number of alkyl halides is 3. The van der Waals surface area contributed by atoms with E-state index in [1.54, 1.807) is 0 Å². The molecule has 1 aromatic rings. The Labute approximate surface area is 167 Å². The maximum absolute atomic E-state index is 12.9. The Morgan fingerprint density at radius 2 is 1.80 bits per heavy atom. The third-order valence-corrected chi connectivity index (χ3v) is 4.14. The Hall–Kier alpha value is -0.820. The first-order chi connectivity index (χ1) is 11.7. The summed E-state index contributed by atoms with van der Waals surface area (Å²) in [6.45, 7) is 2.10. The highest BCUT2D eigenvalue weighted by Gasteiger charge is 2.34. The molecular weight excluding hydrogens is 408 g/mol. The summed E-state index contributed by atoms with van der Waals surface area (Å²) in [5.74, 6) is -0.594. The molecule has 0 aromatic heterocycles. The first kappa shape index (κ1) is 22.2. The van der Waals surface area contributed by atoms with E-state index in [1.807, 2.05) is 0 Å². The van der Waals surface area contributed by atoms with Gasteiger partial charge in [-0.15, -0.1) is 0 Å². The number of anilines is 1. The molecule has 1 aromatic carbocycles. The van der Waals surface area contributed by atoms with E-state index < -0.39 is 9.96 Å². The third-order valence-electron chi connectivity index (χ3n) is 3.27. The van der Waals surface area contributed by atoms with Gasteiger partial charge in [0.1, 0.15) is 12.0 Å². The van der Waals surface area contributed by atoms with Gasteiger partial charge in [-0.05, 0) is 42.9 Å². The lowest BCUT2D eigenvalue weighted by atomic mass is 10.1. The summed E-state index contributed by atoms with van der Waals surface area (Å²) in [6, 6.07) is 5.60. The van der Waals surface area contributed by atoms with Crippen LogP contribution in [-0.4, -0.2) is 21.0 Å². The van der Waals surface area contributed by atoms with Gasteiger partial charge in [-0.3, -0.25) is 4.79 Å². The monoisotopic (exact) mass is 427 g/mol. The van der Waals surface area contributed by atoms with Crippen LogP contribution >= 0.6 is 47.0 Å². The van der Waals surface area contributed by atoms with Crippen LogP contribution in [-0.2, 0) is 4.79 Å². The zero-order valence-electron chi connectivity index (χ0n) is 13.8. The summed E-state index contributed by atoms with van der Waals surface area (Å²) in [5, 5.41) is 8.34. The van der Waals surface area contributed by atoms with Crippen LogP contribution in [0, 0.1) is 5.82 Å². The molecule has 1 atom stereocenters. The summed E-state index contributed by atoms with van der Waals surface area (Å²) in [6.07, 6.45) is 3.24. The fraction of sp³-hybridized carbons (Fsp3) is 0.500. The average Bonchev–Trinajstić information content (AvgIpc) is 2.52. The average molecular weight is 429 g/mol. The number of halogens is 4. The van der Waals surface area contributed by atoms with E-state index in [2.05, 4.69) is 22.9 Å². The fourth-order valence-electron chi connectivity index (χ4n) is 1.98. The van der Waals surface area contributed by atoms with Crippen LogP contribution in [0.1, 0.15) is 39.0 Å². The zero-order valence-corrected chi connectivity index (χ0v) is 16.8. The second-order valence-corrected chi connectivity index (χ2v) is 8.24. The molecule has 0 heterocycles.